The van der Waals surface area contributed by atoms with Crippen molar-refractivity contribution in [2.45, 2.75) is 0 Å². The zero-order chi connectivity index (χ0) is 19.7. The summed E-state index contributed by atoms with van der Waals surface area (Å²) in [7, 11) is 0. The number of benzene rings is 3. The molecule has 138 valence electrons. The fourth-order valence-electron chi connectivity index (χ4n) is 2.85. The van der Waals surface area contributed by atoms with Gasteiger partial charge in [0.05, 0.1) is 15.8 Å². The summed E-state index contributed by atoms with van der Waals surface area (Å²) in [5.74, 6) is -0.310. The van der Waals surface area contributed by atoms with E-state index in [9.17, 15) is 9.59 Å². The molecule has 0 bridgehead atoms. The molecule has 0 aliphatic carbocycles. The maximum absolute atomic E-state index is 12.6. The molecule has 3 aromatic carbocycles. The van der Waals surface area contributed by atoms with Crippen LogP contribution in [0.2, 0.25) is 10.0 Å². The molecule has 0 fully saturated rings. The van der Waals surface area contributed by atoms with Crippen LogP contribution in [0.25, 0.3) is 28.0 Å². The number of rotatable bonds is 3. The van der Waals surface area contributed by atoms with Crippen molar-refractivity contribution >= 4 is 62.8 Å². The van der Waals surface area contributed by atoms with Crippen LogP contribution in [-0.2, 0) is 4.79 Å². The van der Waals surface area contributed by atoms with E-state index in [-0.39, 0.29) is 11.3 Å². The van der Waals surface area contributed by atoms with E-state index in [0.717, 1.165) is 5.56 Å². The zero-order valence-electron chi connectivity index (χ0n) is 14.4. The average Bonchev–Trinajstić information content (AvgIpc) is 2.68. The predicted molar refractivity (Wildman–Crippen MR) is 114 cm³/mol. The molecule has 1 aromatic heterocycles. The summed E-state index contributed by atoms with van der Waals surface area (Å²) in [4.78, 5) is 24.8. The molecule has 4 rings (SSSR count). The Morgan fingerprint density at radius 1 is 0.964 bits per heavy atom. The fourth-order valence-corrected chi connectivity index (χ4v) is 3.19. The van der Waals surface area contributed by atoms with E-state index < -0.39 is 0 Å². The second kappa shape index (κ2) is 7.50. The SMILES string of the molecule is O=C(/C=C/c1ccc(Cl)cc1)Nc1ccc2c(=O)c3cccc(Cl)c3oc2c1. The third kappa shape index (κ3) is 3.65. The first-order valence-corrected chi connectivity index (χ1v) is 9.16. The number of para-hydroxylation sites is 1. The van der Waals surface area contributed by atoms with Crippen molar-refractivity contribution in [3.05, 3.63) is 92.6 Å². The summed E-state index contributed by atoms with van der Waals surface area (Å²) in [6, 6.07) is 17.0. The van der Waals surface area contributed by atoms with Crippen molar-refractivity contribution in [1.29, 1.82) is 0 Å². The van der Waals surface area contributed by atoms with Crippen molar-refractivity contribution in [3.8, 4) is 0 Å². The van der Waals surface area contributed by atoms with E-state index in [1.807, 2.05) is 12.1 Å². The summed E-state index contributed by atoms with van der Waals surface area (Å²) in [5, 5.41) is 4.58. The molecule has 0 aliphatic heterocycles. The van der Waals surface area contributed by atoms with Gasteiger partial charge in [-0.15, -0.1) is 0 Å². The molecule has 1 amide bonds. The number of nitrogens with one attached hydrogen (secondary N) is 1. The largest absolute Gasteiger partial charge is 0.454 e. The van der Waals surface area contributed by atoms with Crippen LogP contribution in [0.3, 0.4) is 0 Å². The third-order valence-corrected chi connectivity index (χ3v) is 4.76. The van der Waals surface area contributed by atoms with Crippen LogP contribution >= 0.6 is 23.2 Å². The van der Waals surface area contributed by atoms with Crippen molar-refractivity contribution in [3.63, 3.8) is 0 Å². The Morgan fingerprint density at radius 2 is 1.75 bits per heavy atom. The minimum Gasteiger partial charge on any atom is -0.454 e. The van der Waals surface area contributed by atoms with Crippen LogP contribution in [0.4, 0.5) is 5.69 Å². The Hall–Kier alpha value is -3.08. The molecular formula is C22H13Cl2NO3. The first-order chi connectivity index (χ1) is 13.5. The monoisotopic (exact) mass is 409 g/mol. The summed E-state index contributed by atoms with van der Waals surface area (Å²) in [6.45, 7) is 0. The maximum atomic E-state index is 12.6. The molecule has 28 heavy (non-hydrogen) atoms. The van der Waals surface area contributed by atoms with Crippen LogP contribution < -0.4 is 10.7 Å². The van der Waals surface area contributed by atoms with Crippen molar-refractivity contribution in [2.75, 3.05) is 5.32 Å². The number of fused-ring (bicyclic) bond motifs is 2. The highest BCUT2D eigenvalue weighted by molar-refractivity contribution is 6.34. The van der Waals surface area contributed by atoms with Crippen LogP contribution in [0, 0.1) is 0 Å². The number of hydrogen-bond donors (Lipinski definition) is 1. The molecule has 0 saturated carbocycles. The van der Waals surface area contributed by atoms with Gasteiger partial charge in [0, 0.05) is 22.9 Å². The van der Waals surface area contributed by atoms with Crippen LogP contribution in [-0.4, -0.2) is 5.91 Å². The van der Waals surface area contributed by atoms with Gasteiger partial charge < -0.3 is 9.73 Å². The topological polar surface area (TPSA) is 59.3 Å². The second-order valence-electron chi connectivity index (χ2n) is 6.13. The number of carbonyl (C=O) groups excluding carboxylic acids is 1. The smallest absolute Gasteiger partial charge is 0.248 e. The van der Waals surface area contributed by atoms with Gasteiger partial charge in [-0.25, -0.2) is 0 Å². The van der Waals surface area contributed by atoms with Crippen LogP contribution in [0.5, 0.6) is 0 Å². The van der Waals surface area contributed by atoms with E-state index in [1.165, 1.54) is 6.08 Å². The molecule has 0 spiro atoms. The van der Waals surface area contributed by atoms with Crippen LogP contribution in [0.1, 0.15) is 5.56 Å². The van der Waals surface area contributed by atoms with Crippen molar-refractivity contribution in [1.82, 2.24) is 0 Å². The molecule has 6 heteroatoms. The van der Waals surface area contributed by atoms with Gasteiger partial charge in [-0.05, 0) is 48.0 Å². The highest BCUT2D eigenvalue weighted by Crippen LogP contribution is 2.26. The first kappa shape index (κ1) is 18.3. The molecule has 0 saturated heterocycles. The second-order valence-corrected chi connectivity index (χ2v) is 6.98. The van der Waals surface area contributed by atoms with E-state index in [2.05, 4.69) is 5.32 Å². The Bertz CT molecular complexity index is 1290. The lowest BCUT2D eigenvalue weighted by Crippen LogP contribution is -2.08. The minimum atomic E-state index is -0.310. The molecule has 1 N–H and O–H groups in total. The molecule has 0 radical (unpaired) electrons. The standard InChI is InChI=1S/C22H13Cl2NO3/c23-14-7-4-13(5-8-14)6-11-20(26)25-15-9-10-16-19(12-15)28-22-17(21(16)27)2-1-3-18(22)24/h1-12H,(H,25,26)/b11-6+. The summed E-state index contributed by atoms with van der Waals surface area (Å²) in [5.41, 5.74) is 1.87. The Labute approximate surface area is 170 Å². The van der Waals surface area contributed by atoms with Gasteiger partial charge in [0.1, 0.15) is 5.58 Å². The van der Waals surface area contributed by atoms with Gasteiger partial charge >= 0.3 is 0 Å². The molecular weight excluding hydrogens is 397 g/mol. The minimum absolute atomic E-state index is 0.167. The summed E-state index contributed by atoms with van der Waals surface area (Å²) >= 11 is 12.0. The van der Waals surface area contributed by atoms with E-state index in [1.54, 1.807) is 54.6 Å². The number of halogens is 2. The van der Waals surface area contributed by atoms with Gasteiger partial charge in [0.15, 0.2) is 5.58 Å². The summed E-state index contributed by atoms with van der Waals surface area (Å²) in [6.07, 6.45) is 3.10. The molecule has 1 heterocycles. The zero-order valence-corrected chi connectivity index (χ0v) is 15.9. The van der Waals surface area contributed by atoms with Crippen LogP contribution in [0.15, 0.2) is 76.0 Å². The lowest BCUT2D eigenvalue weighted by molar-refractivity contribution is -0.111. The number of amides is 1. The number of carbonyl (C=O) groups is 1. The first-order valence-electron chi connectivity index (χ1n) is 8.41. The Morgan fingerprint density at radius 3 is 2.54 bits per heavy atom. The Kier molecular flexibility index (Phi) is 4.90. The quantitative estimate of drug-likeness (QED) is 0.338. The third-order valence-electron chi connectivity index (χ3n) is 4.21. The molecule has 4 nitrogen and oxygen atoms in total. The van der Waals surface area contributed by atoms with Crippen molar-refractivity contribution in [2.24, 2.45) is 0 Å². The maximum Gasteiger partial charge on any atom is 0.248 e. The highest BCUT2D eigenvalue weighted by Gasteiger charge is 2.11. The number of anilines is 1. The molecule has 4 aromatic rings. The van der Waals surface area contributed by atoms with E-state index >= 15 is 0 Å². The molecule has 0 atom stereocenters. The fraction of sp³-hybridized carbons (Fsp3) is 0. The lowest BCUT2D eigenvalue weighted by Gasteiger charge is -2.06. The van der Waals surface area contributed by atoms with Gasteiger partial charge in [0.25, 0.3) is 0 Å². The van der Waals surface area contributed by atoms with E-state index in [0.29, 0.717) is 37.7 Å². The predicted octanol–water partition coefficient (Wildman–Crippen LogP) is 5.90. The average molecular weight is 410 g/mol. The Balaban J connectivity index is 1.63. The molecule has 0 aliphatic rings. The van der Waals surface area contributed by atoms with Gasteiger partial charge in [-0.2, -0.15) is 0 Å². The normalized spacial score (nSPS) is 11.4. The molecule has 0 unspecified atom stereocenters. The number of hydrogen-bond acceptors (Lipinski definition) is 3. The van der Waals surface area contributed by atoms with Gasteiger partial charge in [0.2, 0.25) is 11.3 Å². The highest BCUT2D eigenvalue weighted by atomic mass is 35.5. The van der Waals surface area contributed by atoms with E-state index in [4.69, 9.17) is 27.6 Å². The summed E-state index contributed by atoms with van der Waals surface area (Å²) < 4.78 is 5.81. The van der Waals surface area contributed by atoms with Gasteiger partial charge in [-0.3, -0.25) is 9.59 Å². The van der Waals surface area contributed by atoms with Gasteiger partial charge in [-0.1, -0.05) is 41.4 Å². The van der Waals surface area contributed by atoms with Crippen molar-refractivity contribution < 1.29 is 9.21 Å². The lowest BCUT2D eigenvalue weighted by atomic mass is 10.1.